The molecule has 0 atom stereocenters. The molecule has 0 aromatic carbocycles. The van der Waals surface area contributed by atoms with E-state index in [0.717, 1.165) is 0 Å². The normalized spacial score (nSPS) is 10.9. The zero-order valence-electron chi connectivity index (χ0n) is 4.13. The van der Waals surface area contributed by atoms with Gasteiger partial charge >= 0.3 is 0 Å². The molecule has 46 valence electrons. The third-order valence-electron chi connectivity index (χ3n) is 0.337. The van der Waals surface area contributed by atoms with Crippen molar-refractivity contribution in [3.8, 4) is 0 Å². The van der Waals surface area contributed by atoms with Gasteiger partial charge in [0, 0.05) is 0 Å². The summed E-state index contributed by atoms with van der Waals surface area (Å²) in [5.41, 5.74) is 15.0. The van der Waals surface area contributed by atoms with Crippen molar-refractivity contribution in [2.75, 3.05) is 0 Å². The summed E-state index contributed by atoms with van der Waals surface area (Å²) >= 11 is 2.92. The second-order valence-electron chi connectivity index (χ2n) is 1.07. The van der Waals surface area contributed by atoms with Crippen molar-refractivity contribution in [3.63, 3.8) is 0 Å². The molecule has 0 heterocycles. The van der Waals surface area contributed by atoms with E-state index in [9.17, 15) is 0 Å². The quantitative estimate of drug-likeness (QED) is 0.285. The smallest absolute Gasteiger partial charge is 0.190 e. The highest BCUT2D eigenvalue weighted by Gasteiger charge is 1.75. The summed E-state index contributed by atoms with van der Waals surface area (Å²) in [6, 6.07) is 0. The molecule has 0 saturated heterocycles. The number of hydrogen-bond acceptors (Lipinski definition) is 2. The summed E-state index contributed by atoms with van der Waals surface area (Å²) in [6.07, 6.45) is 1.31. The van der Waals surface area contributed by atoms with Crippen LogP contribution in [-0.4, -0.2) is 5.96 Å². The van der Waals surface area contributed by atoms with Crippen LogP contribution >= 0.6 is 15.9 Å². The number of guanidine groups is 1. The highest BCUT2D eigenvalue weighted by atomic mass is 79.9. The monoisotopic (exact) mass is 178 g/mol. The molecular weight excluding hydrogens is 172 g/mol. The molecule has 0 spiro atoms. The molecule has 0 radical (unpaired) electrons. The minimum absolute atomic E-state index is 0.00704. The zero-order valence-corrected chi connectivity index (χ0v) is 5.72. The fourth-order valence-electron chi connectivity index (χ4n) is 0.136. The van der Waals surface area contributed by atoms with E-state index in [1.54, 1.807) is 0 Å². The van der Waals surface area contributed by atoms with Crippen LogP contribution in [0.5, 0.6) is 0 Å². The largest absolute Gasteiger partial charge is 0.392 e. The van der Waals surface area contributed by atoms with Gasteiger partial charge in [-0.2, -0.15) is 0 Å². The molecule has 8 heavy (non-hydrogen) atoms. The maximum Gasteiger partial charge on any atom is 0.190 e. The van der Waals surface area contributed by atoms with Crippen molar-refractivity contribution in [1.29, 1.82) is 0 Å². The van der Waals surface area contributed by atoms with Crippen LogP contribution in [0, 0.1) is 0 Å². The Balaban J connectivity index is 3.76. The van der Waals surface area contributed by atoms with Crippen LogP contribution in [0.2, 0.25) is 0 Å². The van der Waals surface area contributed by atoms with Gasteiger partial charge in [-0.25, -0.2) is 4.99 Å². The Bertz CT molecular complexity index is 103. The van der Waals surface area contributed by atoms with E-state index in [2.05, 4.69) is 20.9 Å². The molecule has 6 N–H and O–H groups in total. The van der Waals surface area contributed by atoms with Gasteiger partial charge in [0.1, 0.15) is 0 Å². The summed E-state index contributed by atoms with van der Waals surface area (Å²) in [7, 11) is 0. The average molecular weight is 179 g/mol. The van der Waals surface area contributed by atoms with E-state index in [1.165, 1.54) is 6.20 Å². The molecule has 0 aliphatic carbocycles. The highest BCUT2D eigenvalue weighted by molar-refractivity contribution is 9.11. The van der Waals surface area contributed by atoms with Gasteiger partial charge in [0.15, 0.2) is 5.96 Å². The number of aliphatic imine (C=N–C) groups is 1. The van der Waals surface area contributed by atoms with Crippen LogP contribution in [0.1, 0.15) is 0 Å². The van der Waals surface area contributed by atoms with Crippen LogP contribution < -0.4 is 17.2 Å². The summed E-state index contributed by atoms with van der Waals surface area (Å²) in [5, 5.41) is 0. The maximum absolute atomic E-state index is 5.10. The first-order valence-electron chi connectivity index (χ1n) is 1.83. The van der Waals surface area contributed by atoms with Crippen LogP contribution in [0.3, 0.4) is 0 Å². The Morgan fingerprint density at radius 3 is 2.00 bits per heavy atom. The molecule has 0 saturated carbocycles. The molecule has 4 nitrogen and oxygen atoms in total. The van der Waals surface area contributed by atoms with Gasteiger partial charge in [-0.1, -0.05) is 0 Å². The molecule has 0 aromatic rings. The molecule has 0 fully saturated rings. The number of rotatable bonds is 1. The maximum atomic E-state index is 5.10. The zero-order chi connectivity index (χ0) is 6.57. The number of nitrogens with two attached hydrogens (primary N) is 3. The summed E-state index contributed by atoms with van der Waals surface area (Å²) < 4.78 is 0.394. The lowest BCUT2D eigenvalue weighted by atomic mass is 10.9. The molecule has 0 aliphatic rings. The Hall–Kier alpha value is -0.710. The van der Waals surface area contributed by atoms with E-state index < -0.39 is 0 Å². The molecule has 0 unspecified atom stereocenters. The van der Waals surface area contributed by atoms with Gasteiger partial charge < -0.3 is 17.2 Å². The minimum Gasteiger partial charge on any atom is -0.392 e. The molecule has 0 aliphatic heterocycles. The van der Waals surface area contributed by atoms with Crippen molar-refractivity contribution >= 4 is 21.9 Å². The summed E-state index contributed by atoms with van der Waals surface area (Å²) in [5.74, 6) is -0.00704. The average Bonchev–Trinajstić information content (AvgIpc) is 1.61. The third-order valence-corrected chi connectivity index (χ3v) is 0.542. The second kappa shape index (κ2) is 3.31. The fraction of sp³-hybridized carbons (Fsp3) is 0. The lowest BCUT2D eigenvalue weighted by Gasteiger charge is -1.83. The van der Waals surface area contributed by atoms with Crippen molar-refractivity contribution in [1.82, 2.24) is 0 Å². The van der Waals surface area contributed by atoms with E-state index in [1.807, 2.05) is 0 Å². The predicted octanol–water partition coefficient (Wildman–Crippen LogP) is -0.588. The van der Waals surface area contributed by atoms with E-state index in [-0.39, 0.29) is 5.96 Å². The SMILES string of the molecule is NC(N)=N/C=C(\N)Br. The minimum atomic E-state index is -0.00704. The Kier molecular flexibility index (Phi) is 3.02. The first-order valence-corrected chi connectivity index (χ1v) is 2.62. The lowest BCUT2D eigenvalue weighted by Crippen LogP contribution is -2.21. The van der Waals surface area contributed by atoms with Gasteiger partial charge in [0.2, 0.25) is 0 Å². The topological polar surface area (TPSA) is 90.4 Å². The molecule has 0 rings (SSSR count). The van der Waals surface area contributed by atoms with Gasteiger partial charge in [-0.05, 0) is 15.9 Å². The first-order chi connectivity index (χ1) is 3.63. The standard InChI is InChI=1S/C3H7BrN4/c4-2(5)1-8-3(6)7/h1H,5H2,(H4,6,7,8)/b2-1-. The van der Waals surface area contributed by atoms with Crippen LogP contribution in [0.15, 0.2) is 15.8 Å². The highest BCUT2D eigenvalue weighted by Crippen LogP contribution is 1.92. The van der Waals surface area contributed by atoms with Gasteiger partial charge in [-0.15, -0.1) is 0 Å². The van der Waals surface area contributed by atoms with Crippen molar-refractivity contribution in [2.45, 2.75) is 0 Å². The Morgan fingerprint density at radius 2 is 1.88 bits per heavy atom. The van der Waals surface area contributed by atoms with Crippen LogP contribution in [-0.2, 0) is 0 Å². The van der Waals surface area contributed by atoms with Gasteiger partial charge in [0.25, 0.3) is 0 Å². The first kappa shape index (κ1) is 7.29. The van der Waals surface area contributed by atoms with E-state index in [0.29, 0.717) is 4.61 Å². The molecule has 0 amide bonds. The second-order valence-corrected chi connectivity index (χ2v) is 1.98. The fourth-order valence-corrected chi connectivity index (χ4v) is 0.239. The van der Waals surface area contributed by atoms with Crippen molar-refractivity contribution in [3.05, 3.63) is 10.8 Å². The Labute approximate surface area is 55.6 Å². The van der Waals surface area contributed by atoms with Crippen LogP contribution in [0.25, 0.3) is 0 Å². The Morgan fingerprint density at radius 1 is 1.38 bits per heavy atom. The van der Waals surface area contributed by atoms with E-state index in [4.69, 9.17) is 17.2 Å². The summed E-state index contributed by atoms with van der Waals surface area (Å²) in [4.78, 5) is 3.46. The lowest BCUT2D eigenvalue weighted by molar-refractivity contribution is 1.39. The summed E-state index contributed by atoms with van der Waals surface area (Å²) in [6.45, 7) is 0. The van der Waals surface area contributed by atoms with Crippen molar-refractivity contribution < 1.29 is 0 Å². The molecule has 0 aromatic heterocycles. The number of hydrogen-bond donors (Lipinski definition) is 3. The van der Waals surface area contributed by atoms with Crippen LogP contribution in [0.4, 0.5) is 0 Å². The molecular formula is C3H7BrN4. The molecule has 5 heteroatoms. The number of nitrogens with zero attached hydrogens (tertiary/aromatic N) is 1. The van der Waals surface area contributed by atoms with E-state index >= 15 is 0 Å². The van der Waals surface area contributed by atoms with Gasteiger partial charge in [-0.3, -0.25) is 0 Å². The van der Waals surface area contributed by atoms with Crippen molar-refractivity contribution in [2.24, 2.45) is 22.2 Å². The third kappa shape index (κ3) is 5.29. The van der Waals surface area contributed by atoms with Gasteiger partial charge in [0.05, 0.1) is 10.8 Å². The predicted molar refractivity (Wildman–Crippen MR) is 37.0 cm³/mol. The molecule has 0 bridgehead atoms. The number of halogens is 1.